The van der Waals surface area contributed by atoms with E-state index in [1.807, 2.05) is 6.92 Å². The smallest absolute Gasteiger partial charge is 0.286 e. The van der Waals surface area contributed by atoms with Gasteiger partial charge < -0.3 is 14.5 Å². The Bertz CT molecular complexity index is 397. The summed E-state index contributed by atoms with van der Waals surface area (Å²) in [5.74, 6) is 0.476. The standard InChI is InChI=1S/C13H17NO3/c1-9(2)12-10(5-7-17-12)8-14-13(15)11-4-3-6-16-11/h3-4,6,10,12H,1,5,7-8H2,2H3,(H,14,15). The van der Waals surface area contributed by atoms with Crippen molar-refractivity contribution in [3.05, 3.63) is 36.3 Å². The number of hydrogen-bond donors (Lipinski definition) is 1. The van der Waals surface area contributed by atoms with Crippen molar-refractivity contribution in [3.63, 3.8) is 0 Å². The molecule has 1 N–H and O–H groups in total. The zero-order valence-corrected chi connectivity index (χ0v) is 9.94. The summed E-state index contributed by atoms with van der Waals surface area (Å²) in [5.41, 5.74) is 1.01. The van der Waals surface area contributed by atoms with Gasteiger partial charge in [0.25, 0.3) is 5.91 Å². The first-order valence-corrected chi connectivity index (χ1v) is 5.77. The Kier molecular flexibility index (Phi) is 3.64. The predicted molar refractivity (Wildman–Crippen MR) is 63.7 cm³/mol. The fourth-order valence-corrected chi connectivity index (χ4v) is 2.11. The fourth-order valence-electron chi connectivity index (χ4n) is 2.11. The van der Waals surface area contributed by atoms with Crippen LogP contribution in [0.2, 0.25) is 0 Å². The minimum atomic E-state index is -0.178. The second kappa shape index (κ2) is 5.19. The molecule has 1 aliphatic rings. The summed E-state index contributed by atoms with van der Waals surface area (Å²) in [6.45, 7) is 7.19. The highest BCUT2D eigenvalue weighted by Gasteiger charge is 2.29. The predicted octanol–water partition coefficient (Wildman–Crippen LogP) is 1.99. The number of ether oxygens (including phenoxy) is 1. The number of carbonyl (C=O) groups is 1. The van der Waals surface area contributed by atoms with Gasteiger partial charge in [-0.2, -0.15) is 0 Å². The third kappa shape index (κ3) is 2.77. The number of amides is 1. The highest BCUT2D eigenvalue weighted by Crippen LogP contribution is 2.25. The van der Waals surface area contributed by atoms with E-state index in [4.69, 9.17) is 9.15 Å². The highest BCUT2D eigenvalue weighted by molar-refractivity contribution is 5.91. The van der Waals surface area contributed by atoms with E-state index in [-0.39, 0.29) is 12.0 Å². The van der Waals surface area contributed by atoms with E-state index in [1.54, 1.807) is 12.1 Å². The maximum Gasteiger partial charge on any atom is 0.286 e. The van der Waals surface area contributed by atoms with E-state index in [1.165, 1.54) is 6.26 Å². The van der Waals surface area contributed by atoms with Crippen LogP contribution < -0.4 is 5.32 Å². The van der Waals surface area contributed by atoms with Crippen molar-refractivity contribution in [3.8, 4) is 0 Å². The van der Waals surface area contributed by atoms with Crippen LogP contribution in [-0.4, -0.2) is 25.2 Å². The van der Waals surface area contributed by atoms with E-state index in [9.17, 15) is 4.79 Å². The summed E-state index contributed by atoms with van der Waals surface area (Å²) in [4.78, 5) is 11.7. The monoisotopic (exact) mass is 235 g/mol. The summed E-state index contributed by atoms with van der Waals surface area (Å²) in [6.07, 6.45) is 2.51. The third-order valence-electron chi connectivity index (χ3n) is 2.97. The largest absolute Gasteiger partial charge is 0.459 e. The Balaban J connectivity index is 1.86. The highest BCUT2D eigenvalue weighted by atomic mass is 16.5. The lowest BCUT2D eigenvalue weighted by molar-refractivity contribution is 0.0899. The molecule has 1 saturated heterocycles. The van der Waals surface area contributed by atoms with Crippen LogP contribution in [0.5, 0.6) is 0 Å². The first-order valence-electron chi connectivity index (χ1n) is 5.77. The molecule has 0 bridgehead atoms. The van der Waals surface area contributed by atoms with Gasteiger partial charge in [-0.3, -0.25) is 4.79 Å². The van der Waals surface area contributed by atoms with Gasteiger partial charge in [-0.1, -0.05) is 12.2 Å². The number of nitrogens with one attached hydrogen (secondary N) is 1. The Labute approximate surface area is 101 Å². The van der Waals surface area contributed by atoms with Crippen LogP contribution in [0.25, 0.3) is 0 Å². The minimum absolute atomic E-state index is 0.0619. The topological polar surface area (TPSA) is 51.5 Å². The van der Waals surface area contributed by atoms with Gasteiger partial charge in [-0.05, 0) is 25.5 Å². The molecule has 4 heteroatoms. The average molecular weight is 235 g/mol. The molecule has 2 heterocycles. The maximum absolute atomic E-state index is 11.7. The zero-order valence-electron chi connectivity index (χ0n) is 9.94. The van der Waals surface area contributed by atoms with Crippen molar-refractivity contribution in [2.75, 3.05) is 13.2 Å². The second-order valence-electron chi connectivity index (χ2n) is 4.37. The van der Waals surface area contributed by atoms with Crippen LogP contribution in [0.15, 0.2) is 35.0 Å². The Morgan fingerprint density at radius 3 is 3.12 bits per heavy atom. The van der Waals surface area contributed by atoms with Crippen LogP contribution in [-0.2, 0) is 4.74 Å². The molecule has 0 aliphatic carbocycles. The van der Waals surface area contributed by atoms with Crippen molar-refractivity contribution < 1.29 is 13.9 Å². The molecule has 2 rings (SSSR count). The summed E-state index contributed by atoms with van der Waals surface area (Å²) in [5, 5.41) is 2.86. The number of carbonyl (C=O) groups excluding carboxylic acids is 1. The number of rotatable bonds is 4. The Morgan fingerprint density at radius 2 is 2.47 bits per heavy atom. The van der Waals surface area contributed by atoms with Crippen LogP contribution in [0.3, 0.4) is 0 Å². The van der Waals surface area contributed by atoms with Crippen molar-refractivity contribution in [1.29, 1.82) is 0 Å². The van der Waals surface area contributed by atoms with E-state index in [2.05, 4.69) is 11.9 Å². The van der Waals surface area contributed by atoms with Gasteiger partial charge in [-0.25, -0.2) is 0 Å². The van der Waals surface area contributed by atoms with Gasteiger partial charge in [0.05, 0.1) is 12.4 Å². The summed E-state index contributed by atoms with van der Waals surface area (Å²) in [6, 6.07) is 3.35. The molecular weight excluding hydrogens is 218 g/mol. The van der Waals surface area contributed by atoms with Crippen molar-refractivity contribution in [2.24, 2.45) is 5.92 Å². The van der Waals surface area contributed by atoms with E-state index < -0.39 is 0 Å². The Hall–Kier alpha value is -1.55. The SMILES string of the molecule is C=C(C)C1OCCC1CNC(=O)c1ccco1. The third-order valence-corrected chi connectivity index (χ3v) is 2.97. The van der Waals surface area contributed by atoms with Crippen LogP contribution >= 0.6 is 0 Å². The summed E-state index contributed by atoms with van der Waals surface area (Å²) in [7, 11) is 0. The van der Waals surface area contributed by atoms with Crippen molar-refractivity contribution >= 4 is 5.91 Å². The normalized spacial score (nSPS) is 23.6. The van der Waals surface area contributed by atoms with Crippen molar-refractivity contribution in [2.45, 2.75) is 19.4 Å². The van der Waals surface area contributed by atoms with Gasteiger partial charge in [0.2, 0.25) is 0 Å². The minimum Gasteiger partial charge on any atom is -0.459 e. The van der Waals surface area contributed by atoms with Gasteiger partial charge in [0, 0.05) is 19.1 Å². The molecule has 2 atom stereocenters. The van der Waals surface area contributed by atoms with Gasteiger partial charge in [0.1, 0.15) is 0 Å². The van der Waals surface area contributed by atoms with E-state index in [0.29, 0.717) is 18.2 Å². The molecule has 1 fully saturated rings. The van der Waals surface area contributed by atoms with Gasteiger partial charge in [0.15, 0.2) is 5.76 Å². The van der Waals surface area contributed by atoms with Crippen LogP contribution in [0.1, 0.15) is 23.9 Å². The lowest BCUT2D eigenvalue weighted by atomic mass is 9.97. The molecule has 0 saturated carbocycles. The summed E-state index contributed by atoms with van der Waals surface area (Å²) < 4.78 is 10.6. The van der Waals surface area contributed by atoms with E-state index in [0.717, 1.165) is 18.6 Å². The zero-order chi connectivity index (χ0) is 12.3. The molecule has 92 valence electrons. The second-order valence-corrected chi connectivity index (χ2v) is 4.37. The number of hydrogen-bond acceptors (Lipinski definition) is 3. The molecule has 1 aliphatic heterocycles. The van der Waals surface area contributed by atoms with Crippen LogP contribution in [0.4, 0.5) is 0 Å². The Morgan fingerprint density at radius 1 is 1.65 bits per heavy atom. The first kappa shape index (κ1) is 11.9. The van der Waals surface area contributed by atoms with Crippen molar-refractivity contribution in [1.82, 2.24) is 5.32 Å². The quantitative estimate of drug-likeness (QED) is 0.812. The molecule has 1 aromatic heterocycles. The molecule has 1 aromatic rings. The van der Waals surface area contributed by atoms with Gasteiger partial charge in [-0.15, -0.1) is 0 Å². The van der Waals surface area contributed by atoms with E-state index >= 15 is 0 Å². The fraction of sp³-hybridized carbons (Fsp3) is 0.462. The maximum atomic E-state index is 11.7. The molecule has 0 aromatic carbocycles. The average Bonchev–Trinajstić information content (AvgIpc) is 2.96. The molecule has 17 heavy (non-hydrogen) atoms. The number of furan rings is 1. The van der Waals surface area contributed by atoms with Gasteiger partial charge >= 0.3 is 0 Å². The molecule has 1 amide bonds. The lowest BCUT2D eigenvalue weighted by Gasteiger charge is -2.18. The lowest BCUT2D eigenvalue weighted by Crippen LogP contribution is -2.33. The molecule has 4 nitrogen and oxygen atoms in total. The first-order chi connectivity index (χ1) is 8.18. The van der Waals surface area contributed by atoms with Crippen LogP contribution in [0, 0.1) is 5.92 Å². The summed E-state index contributed by atoms with van der Waals surface area (Å²) >= 11 is 0. The molecule has 0 radical (unpaired) electrons. The molecule has 2 unspecified atom stereocenters. The molecule has 0 spiro atoms. The molecular formula is C13H17NO3.